The highest BCUT2D eigenvalue weighted by atomic mass is 79.9. The average molecular weight is 381 g/mol. The number of phenols is 5. The van der Waals surface area contributed by atoms with Crippen molar-refractivity contribution in [2.45, 2.75) is 0 Å². The molecule has 2 aromatic carbocycles. The van der Waals surface area contributed by atoms with Crippen LogP contribution in [0, 0.1) is 0 Å². The lowest BCUT2D eigenvalue weighted by atomic mass is 10.1. The van der Waals surface area contributed by atoms with E-state index in [4.69, 9.17) is 4.42 Å². The molecule has 0 unspecified atom stereocenters. The summed E-state index contributed by atoms with van der Waals surface area (Å²) in [5.41, 5.74) is -1.03. The molecule has 0 amide bonds. The Hall–Kier alpha value is -2.87. The Kier molecular flexibility index (Phi) is 3.33. The molecule has 8 heteroatoms. The normalized spacial score (nSPS) is 11.0. The number of aromatic hydroxyl groups is 5. The second kappa shape index (κ2) is 5.10. The lowest BCUT2D eigenvalue weighted by molar-refractivity contribution is 0.428. The smallest absolute Gasteiger partial charge is 0.211 e. The highest BCUT2D eigenvalue weighted by molar-refractivity contribution is 9.10. The molecule has 0 saturated carbocycles. The van der Waals surface area contributed by atoms with Crippen LogP contribution in [0.5, 0.6) is 28.7 Å². The molecule has 3 aromatic rings. The minimum absolute atomic E-state index is 0.141. The summed E-state index contributed by atoms with van der Waals surface area (Å²) in [6.07, 6.45) is 0. The first-order valence-corrected chi connectivity index (χ1v) is 7.02. The summed E-state index contributed by atoms with van der Waals surface area (Å²) in [6, 6.07) is 4.03. The number of benzene rings is 2. The predicted molar refractivity (Wildman–Crippen MR) is 83.9 cm³/mol. The lowest BCUT2D eigenvalue weighted by Gasteiger charge is -2.10. The van der Waals surface area contributed by atoms with E-state index in [1.807, 2.05) is 0 Å². The van der Waals surface area contributed by atoms with Gasteiger partial charge in [-0.05, 0) is 15.9 Å². The molecule has 0 atom stereocenters. The van der Waals surface area contributed by atoms with Crippen LogP contribution in [-0.4, -0.2) is 25.5 Å². The number of rotatable bonds is 1. The first-order chi connectivity index (χ1) is 10.8. The van der Waals surface area contributed by atoms with Crippen LogP contribution >= 0.6 is 15.9 Å². The van der Waals surface area contributed by atoms with Crippen LogP contribution in [0.3, 0.4) is 0 Å². The van der Waals surface area contributed by atoms with E-state index in [1.54, 1.807) is 0 Å². The van der Waals surface area contributed by atoms with Crippen LogP contribution < -0.4 is 5.43 Å². The summed E-state index contributed by atoms with van der Waals surface area (Å²) in [6.45, 7) is 0. The Morgan fingerprint density at radius 2 is 1.35 bits per heavy atom. The van der Waals surface area contributed by atoms with Gasteiger partial charge < -0.3 is 29.9 Å². The Balaban J connectivity index is 2.45. The molecule has 0 radical (unpaired) electrons. The van der Waals surface area contributed by atoms with Crippen molar-refractivity contribution < 1.29 is 29.9 Å². The van der Waals surface area contributed by atoms with Crippen molar-refractivity contribution in [1.29, 1.82) is 0 Å². The largest absolute Gasteiger partial charge is 0.508 e. The van der Waals surface area contributed by atoms with E-state index in [2.05, 4.69) is 15.9 Å². The Bertz CT molecular complexity index is 984. The van der Waals surface area contributed by atoms with Crippen LogP contribution in [0.4, 0.5) is 0 Å². The maximum Gasteiger partial charge on any atom is 0.211 e. The molecule has 0 spiro atoms. The summed E-state index contributed by atoms with van der Waals surface area (Å²) < 4.78 is 5.30. The molecule has 1 heterocycles. The Morgan fingerprint density at radius 1 is 0.826 bits per heavy atom. The van der Waals surface area contributed by atoms with Gasteiger partial charge in [0.05, 0.1) is 0 Å². The molecule has 0 saturated heterocycles. The quantitative estimate of drug-likeness (QED) is 0.438. The molecule has 3 rings (SSSR count). The van der Waals surface area contributed by atoms with E-state index in [9.17, 15) is 30.3 Å². The fourth-order valence-corrected chi connectivity index (χ4v) is 2.73. The number of hydrogen-bond acceptors (Lipinski definition) is 7. The molecule has 23 heavy (non-hydrogen) atoms. The maximum absolute atomic E-state index is 12.4. The van der Waals surface area contributed by atoms with Crippen molar-refractivity contribution in [3.05, 3.63) is 39.0 Å². The SMILES string of the molecule is O=c1c(Br)c(-c2c(O)cc(O)cc2O)oc2cc(O)cc(O)c12. The molecule has 0 aliphatic rings. The zero-order valence-corrected chi connectivity index (χ0v) is 12.8. The lowest BCUT2D eigenvalue weighted by Crippen LogP contribution is -2.04. The molecule has 0 bridgehead atoms. The van der Waals surface area contributed by atoms with E-state index in [0.717, 1.165) is 24.3 Å². The summed E-state index contributed by atoms with van der Waals surface area (Å²) >= 11 is 3.01. The van der Waals surface area contributed by atoms with Crippen LogP contribution in [0.2, 0.25) is 0 Å². The highest BCUT2D eigenvalue weighted by Crippen LogP contribution is 2.44. The van der Waals surface area contributed by atoms with Gasteiger partial charge in [0.1, 0.15) is 49.8 Å². The fraction of sp³-hybridized carbons (Fsp3) is 0. The van der Waals surface area contributed by atoms with Crippen LogP contribution in [-0.2, 0) is 0 Å². The molecular formula is C15H9BrO7. The van der Waals surface area contributed by atoms with Crippen LogP contribution in [0.15, 0.2) is 37.9 Å². The van der Waals surface area contributed by atoms with E-state index in [0.29, 0.717) is 0 Å². The van der Waals surface area contributed by atoms with Gasteiger partial charge in [-0.25, -0.2) is 0 Å². The van der Waals surface area contributed by atoms with Gasteiger partial charge >= 0.3 is 0 Å². The number of hydrogen-bond donors (Lipinski definition) is 5. The van der Waals surface area contributed by atoms with Crippen molar-refractivity contribution in [1.82, 2.24) is 0 Å². The monoisotopic (exact) mass is 380 g/mol. The molecule has 0 aliphatic carbocycles. The summed E-state index contributed by atoms with van der Waals surface area (Å²) in [4.78, 5) is 12.4. The molecule has 5 N–H and O–H groups in total. The second-order valence-electron chi connectivity index (χ2n) is 4.77. The zero-order valence-electron chi connectivity index (χ0n) is 11.2. The average Bonchev–Trinajstić information content (AvgIpc) is 2.42. The van der Waals surface area contributed by atoms with Gasteiger partial charge in [0.15, 0.2) is 5.76 Å². The van der Waals surface area contributed by atoms with E-state index in [-0.39, 0.29) is 38.3 Å². The summed E-state index contributed by atoms with van der Waals surface area (Å²) in [7, 11) is 0. The van der Waals surface area contributed by atoms with Gasteiger partial charge in [-0.3, -0.25) is 4.79 Å². The van der Waals surface area contributed by atoms with E-state index >= 15 is 0 Å². The van der Waals surface area contributed by atoms with Gasteiger partial charge in [-0.1, -0.05) is 0 Å². The topological polar surface area (TPSA) is 131 Å². The Labute approximate surface area is 136 Å². The van der Waals surface area contributed by atoms with Crippen LogP contribution in [0.1, 0.15) is 0 Å². The predicted octanol–water partition coefficient (Wildman–Crippen LogP) is 2.75. The molecule has 1 aromatic heterocycles. The van der Waals surface area contributed by atoms with E-state index in [1.165, 1.54) is 0 Å². The summed E-state index contributed by atoms with van der Waals surface area (Å²) in [5.74, 6) is -2.43. The zero-order chi connectivity index (χ0) is 16.9. The van der Waals surface area contributed by atoms with E-state index < -0.39 is 22.7 Å². The van der Waals surface area contributed by atoms with Crippen molar-refractivity contribution in [2.24, 2.45) is 0 Å². The van der Waals surface area contributed by atoms with Gasteiger partial charge in [-0.2, -0.15) is 0 Å². The molecule has 0 fully saturated rings. The van der Waals surface area contributed by atoms with Crippen LogP contribution in [0.25, 0.3) is 22.3 Å². The van der Waals surface area contributed by atoms with Crippen molar-refractivity contribution >= 4 is 26.9 Å². The molecule has 0 aliphatic heterocycles. The standard InChI is InChI=1S/C15H9BrO7/c16-13-14(22)12-9(21)3-6(18)4-10(12)23-15(13)11-7(19)1-5(17)2-8(11)20/h1-4,17-21H. The highest BCUT2D eigenvalue weighted by Gasteiger charge is 2.22. The van der Waals surface area contributed by atoms with Gasteiger partial charge in [-0.15, -0.1) is 0 Å². The first kappa shape index (κ1) is 15.0. The molecule has 7 nitrogen and oxygen atoms in total. The first-order valence-electron chi connectivity index (χ1n) is 6.23. The molecular weight excluding hydrogens is 372 g/mol. The van der Waals surface area contributed by atoms with Gasteiger partial charge in [0, 0.05) is 24.3 Å². The van der Waals surface area contributed by atoms with Crippen molar-refractivity contribution in [2.75, 3.05) is 0 Å². The maximum atomic E-state index is 12.4. The third-order valence-electron chi connectivity index (χ3n) is 3.21. The third kappa shape index (κ3) is 2.33. The van der Waals surface area contributed by atoms with Crippen molar-refractivity contribution in [3.63, 3.8) is 0 Å². The summed E-state index contributed by atoms with van der Waals surface area (Å²) in [5, 5.41) is 48.3. The second-order valence-corrected chi connectivity index (χ2v) is 5.56. The van der Waals surface area contributed by atoms with Gasteiger partial charge in [0.25, 0.3) is 0 Å². The van der Waals surface area contributed by atoms with Gasteiger partial charge in [0.2, 0.25) is 5.43 Å². The third-order valence-corrected chi connectivity index (χ3v) is 3.93. The Morgan fingerprint density at radius 3 is 1.96 bits per heavy atom. The minimum atomic E-state index is -0.661. The number of fused-ring (bicyclic) bond motifs is 1. The van der Waals surface area contributed by atoms with Crippen molar-refractivity contribution in [3.8, 4) is 40.1 Å². The fourth-order valence-electron chi connectivity index (χ4n) is 2.25. The number of halogens is 1. The minimum Gasteiger partial charge on any atom is -0.508 e. The molecule has 118 valence electrons. The number of phenolic OH excluding ortho intramolecular Hbond substituents is 5.